The van der Waals surface area contributed by atoms with Crippen LogP contribution >= 0.6 is 0 Å². The van der Waals surface area contributed by atoms with Gasteiger partial charge in [-0.2, -0.15) is 0 Å². The number of hydrogen-bond acceptors (Lipinski definition) is 2. The molecule has 2 aromatic rings. The van der Waals surface area contributed by atoms with Crippen molar-refractivity contribution in [3.63, 3.8) is 0 Å². The van der Waals surface area contributed by atoms with Crippen LogP contribution in [0.15, 0.2) is 54.6 Å². The predicted molar refractivity (Wildman–Crippen MR) is 82.1 cm³/mol. The number of nitrogens with zero attached hydrogens (tertiary/aromatic N) is 2. The van der Waals surface area contributed by atoms with Gasteiger partial charge in [0.25, 0.3) is 0 Å². The lowest BCUT2D eigenvalue weighted by Gasteiger charge is -2.30. The van der Waals surface area contributed by atoms with E-state index in [1.165, 1.54) is 23.5 Å². The second-order valence-corrected chi connectivity index (χ2v) is 5.02. The zero-order valence-electron chi connectivity index (χ0n) is 11.6. The lowest BCUT2D eigenvalue weighted by Crippen LogP contribution is -2.38. The number of hydrogen-bond donors (Lipinski definition) is 0. The van der Waals surface area contributed by atoms with Crippen molar-refractivity contribution in [2.75, 3.05) is 16.3 Å². The number of para-hydroxylation sites is 3. The van der Waals surface area contributed by atoms with Crippen molar-refractivity contribution in [1.29, 1.82) is 0 Å². The first-order valence-electron chi connectivity index (χ1n) is 7.03. The molecule has 1 aliphatic rings. The Morgan fingerprint density at radius 3 is 2.21 bits per heavy atom. The first-order valence-corrected chi connectivity index (χ1v) is 7.03. The van der Waals surface area contributed by atoms with Crippen molar-refractivity contribution in [2.24, 2.45) is 0 Å². The molecule has 1 aliphatic heterocycles. The molecule has 0 fully saturated rings. The van der Waals surface area contributed by atoms with E-state index in [4.69, 9.17) is 0 Å². The van der Waals surface area contributed by atoms with E-state index in [9.17, 15) is 0 Å². The van der Waals surface area contributed by atoms with Gasteiger partial charge in [0.1, 0.15) is 6.17 Å². The summed E-state index contributed by atoms with van der Waals surface area (Å²) in [7, 11) is 0. The highest BCUT2D eigenvalue weighted by atomic mass is 15.4. The van der Waals surface area contributed by atoms with E-state index in [1.54, 1.807) is 0 Å². The van der Waals surface area contributed by atoms with Gasteiger partial charge < -0.3 is 9.80 Å². The zero-order valence-corrected chi connectivity index (χ0v) is 11.6. The van der Waals surface area contributed by atoms with Crippen LogP contribution in [0.2, 0.25) is 0 Å². The van der Waals surface area contributed by atoms with E-state index in [1.807, 2.05) is 0 Å². The largest absolute Gasteiger partial charge is 0.349 e. The van der Waals surface area contributed by atoms with Crippen molar-refractivity contribution < 1.29 is 0 Å². The van der Waals surface area contributed by atoms with Gasteiger partial charge in [0.2, 0.25) is 0 Å². The van der Waals surface area contributed by atoms with Crippen molar-refractivity contribution >= 4 is 17.1 Å². The molecule has 0 saturated heterocycles. The van der Waals surface area contributed by atoms with Crippen LogP contribution in [-0.2, 0) is 0 Å². The summed E-state index contributed by atoms with van der Waals surface area (Å²) >= 11 is 0. The minimum absolute atomic E-state index is 0.375. The zero-order chi connectivity index (χ0) is 13.2. The molecule has 2 heteroatoms. The fourth-order valence-corrected chi connectivity index (χ4v) is 2.94. The van der Waals surface area contributed by atoms with Crippen molar-refractivity contribution in [2.45, 2.75) is 26.4 Å². The average Bonchev–Trinajstić information content (AvgIpc) is 2.73. The number of rotatable bonds is 3. The molecule has 98 valence electrons. The fraction of sp³-hybridized carbons (Fsp3) is 0.294. The third kappa shape index (κ3) is 1.97. The van der Waals surface area contributed by atoms with Crippen molar-refractivity contribution in [1.82, 2.24) is 0 Å². The van der Waals surface area contributed by atoms with Gasteiger partial charge in [-0.05, 0) is 37.6 Å². The maximum Gasteiger partial charge on any atom is 0.104 e. The van der Waals surface area contributed by atoms with Gasteiger partial charge in [0, 0.05) is 12.2 Å². The number of benzene rings is 2. The summed E-state index contributed by atoms with van der Waals surface area (Å²) in [5, 5.41) is 0. The smallest absolute Gasteiger partial charge is 0.104 e. The Balaban J connectivity index is 2.07. The molecule has 1 heterocycles. The van der Waals surface area contributed by atoms with Crippen LogP contribution in [0.1, 0.15) is 20.3 Å². The van der Waals surface area contributed by atoms with Crippen LogP contribution < -0.4 is 9.80 Å². The van der Waals surface area contributed by atoms with Crippen LogP contribution in [-0.4, -0.2) is 12.7 Å². The summed E-state index contributed by atoms with van der Waals surface area (Å²) in [6.07, 6.45) is 1.54. The van der Waals surface area contributed by atoms with Gasteiger partial charge in [-0.3, -0.25) is 0 Å². The second-order valence-electron chi connectivity index (χ2n) is 5.02. The highest BCUT2D eigenvalue weighted by molar-refractivity contribution is 5.83. The predicted octanol–water partition coefficient (Wildman–Crippen LogP) is 4.40. The van der Waals surface area contributed by atoms with E-state index in [-0.39, 0.29) is 0 Å². The lowest BCUT2D eigenvalue weighted by molar-refractivity contribution is 0.664. The molecular formula is C17H20N2. The molecule has 0 radical (unpaired) electrons. The Morgan fingerprint density at radius 2 is 1.53 bits per heavy atom. The van der Waals surface area contributed by atoms with E-state index in [2.05, 4.69) is 78.2 Å². The maximum absolute atomic E-state index is 2.49. The van der Waals surface area contributed by atoms with Crippen LogP contribution in [0.25, 0.3) is 0 Å². The Kier molecular flexibility index (Phi) is 3.16. The molecule has 19 heavy (non-hydrogen) atoms. The Morgan fingerprint density at radius 1 is 0.895 bits per heavy atom. The van der Waals surface area contributed by atoms with Gasteiger partial charge in [-0.25, -0.2) is 0 Å². The molecule has 3 rings (SSSR count). The molecule has 1 atom stereocenters. The van der Waals surface area contributed by atoms with E-state index in [0.29, 0.717) is 6.17 Å². The van der Waals surface area contributed by atoms with Crippen LogP contribution in [0, 0.1) is 0 Å². The average molecular weight is 252 g/mol. The number of fused-ring (bicyclic) bond motifs is 1. The highest BCUT2D eigenvalue weighted by Crippen LogP contribution is 2.43. The van der Waals surface area contributed by atoms with Gasteiger partial charge in [0.05, 0.1) is 11.4 Å². The quantitative estimate of drug-likeness (QED) is 0.798. The van der Waals surface area contributed by atoms with E-state index >= 15 is 0 Å². The minimum atomic E-state index is 0.375. The molecule has 0 aromatic heterocycles. The van der Waals surface area contributed by atoms with Crippen molar-refractivity contribution in [3.8, 4) is 0 Å². The molecule has 0 spiro atoms. The topological polar surface area (TPSA) is 6.48 Å². The molecule has 0 N–H and O–H groups in total. The standard InChI is InChI=1S/C17H20N2/c1-3-13-18-14(2)19(15-9-5-4-6-10-15)17-12-8-7-11-16(17)18/h4-12,14H,3,13H2,1-2H3/t14-/m1/s1. The second kappa shape index (κ2) is 4.96. The monoisotopic (exact) mass is 252 g/mol. The van der Waals surface area contributed by atoms with Gasteiger partial charge in [0.15, 0.2) is 0 Å². The molecule has 0 saturated carbocycles. The molecule has 0 aliphatic carbocycles. The minimum Gasteiger partial charge on any atom is -0.349 e. The molecular weight excluding hydrogens is 232 g/mol. The third-order valence-electron chi connectivity index (χ3n) is 3.77. The Hall–Kier alpha value is -1.96. The highest BCUT2D eigenvalue weighted by Gasteiger charge is 2.32. The number of anilines is 3. The summed E-state index contributed by atoms with van der Waals surface area (Å²) in [6.45, 7) is 5.62. The fourth-order valence-electron chi connectivity index (χ4n) is 2.94. The summed E-state index contributed by atoms with van der Waals surface area (Å²) in [5.74, 6) is 0. The first kappa shape index (κ1) is 12.1. The summed E-state index contributed by atoms with van der Waals surface area (Å²) in [5.41, 5.74) is 3.93. The molecule has 0 unspecified atom stereocenters. The van der Waals surface area contributed by atoms with Gasteiger partial charge >= 0.3 is 0 Å². The molecule has 0 bridgehead atoms. The maximum atomic E-state index is 2.49. The lowest BCUT2D eigenvalue weighted by atomic mass is 10.2. The molecule has 2 nitrogen and oxygen atoms in total. The normalized spacial score (nSPS) is 17.7. The molecule has 0 amide bonds. The Bertz CT molecular complexity index is 550. The third-order valence-corrected chi connectivity index (χ3v) is 3.77. The van der Waals surface area contributed by atoms with E-state index < -0.39 is 0 Å². The van der Waals surface area contributed by atoms with Gasteiger partial charge in [-0.15, -0.1) is 0 Å². The van der Waals surface area contributed by atoms with Crippen LogP contribution in [0.5, 0.6) is 0 Å². The van der Waals surface area contributed by atoms with E-state index in [0.717, 1.165) is 6.54 Å². The van der Waals surface area contributed by atoms with Crippen LogP contribution in [0.4, 0.5) is 17.1 Å². The molecule has 2 aromatic carbocycles. The first-order chi connectivity index (χ1) is 9.33. The SMILES string of the molecule is CCCN1c2ccccc2N(c2ccccc2)[C@@H]1C. The summed E-state index contributed by atoms with van der Waals surface area (Å²) in [4.78, 5) is 4.91. The van der Waals surface area contributed by atoms with Crippen molar-refractivity contribution in [3.05, 3.63) is 54.6 Å². The summed E-state index contributed by atoms with van der Waals surface area (Å²) in [6, 6.07) is 19.3. The van der Waals surface area contributed by atoms with Crippen LogP contribution in [0.3, 0.4) is 0 Å². The Labute approximate surface area is 115 Å². The van der Waals surface area contributed by atoms with Gasteiger partial charge in [-0.1, -0.05) is 37.3 Å². The summed E-state index contributed by atoms with van der Waals surface area (Å²) < 4.78 is 0.